The molecule has 1 unspecified atom stereocenters. The Morgan fingerprint density at radius 2 is 2.42 bits per heavy atom. The van der Waals surface area contributed by atoms with E-state index < -0.39 is 6.04 Å². The molecule has 1 rings (SSSR count). The first-order valence-corrected chi connectivity index (χ1v) is 3.96. The van der Waals surface area contributed by atoms with Gasteiger partial charge in [-0.1, -0.05) is 6.92 Å². The summed E-state index contributed by atoms with van der Waals surface area (Å²) in [5.41, 5.74) is 6.49. The van der Waals surface area contributed by atoms with E-state index in [2.05, 4.69) is 9.97 Å². The van der Waals surface area contributed by atoms with Gasteiger partial charge < -0.3 is 10.8 Å². The first-order valence-electron chi connectivity index (χ1n) is 3.96. The molecule has 0 saturated heterocycles. The molecular formula is C8H13N3O. The highest BCUT2D eigenvalue weighted by atomic mass is 16.3. The third kappa shape index (κ3) is 1.99. The maximum absolute atomic E-state index is 8.75. The van der Waals surface area contributed by atoms with Crippen LogP contribution in [0.15, 0.2) is 12.3 Å². The molecule has 0 spiro atoms. The minimum Gasteiger partial charge on any atom is -0.394 e. The van der Waals surface area contributed by atoms with Gasteiger partial charge in [0.1, 0.15) is 5.82 Å². The molecule has 0 saturated carbocycles. The quantitative estimate of drug-likeness (QED) is 0.666. The predicted octanol–water partition coefficient (Wildman–Crippen LogP) is 0.0311. The Bertz CT molecular complexity index is 252. The lowest BCUT2D eigenvalue weighted by molar-refractivity contribution is 0.263. The van der Waals surface area contributed by atoms with Crippen molar-refractivity contribution in [3.8, 4) is 0 Å². The molecule has 0 aliphatic rings. The number of nitrogens with zero attached hydrogens (tertiary/aromatic N) is 2. The molecule has 1 atom stereocenters. The van der Waals surface area contributed by atoms with Crippen molar-refractivity contribution in [3.63, 3.8) is 0 Å². The minimum atomic E-state index is -0.462. The largest absolute Gasteiger partial charge is 0.394 e. The second-order valence-electron chi connectivity index (χ2n) is 2.55. The fourth-order valence-corrected chi connectivity index (χ4v) is 0.870. The van der Waals surface area contributed by atoms with Crippen LogP contribution in [-0.4, -0.2) is 21.7 Å². The summed E-state index contributed by atoms with van der Waals surface area (Å²) in [6, 6.07) is 1.38. The molecule has 12 heavy (non-hydrogen) atoms. The summed E-state index contributed by atoms with van der Waals surface area (Å²) in [4.78, 5) is 8.13. The Morgan fingerprint density at radius 1 is 1.67 bits per heavy atom. The number of aliphatic hydroxyl groups excluding tert-OH is 1. The van der Waals surface area contributed by atoms with Gasteiger partial charge in [0.15, 0.2) is 0 Å². The lowest BCUT2D eigenvalue weighted by atomic mass is 10.3. The van der Waals surface area contributed by atoms with Crippen LogP contribution in [0.5, 0.6) is 0 Å². The van der Waals surface area contributed by atoms with Crippen LogP contribution in [0.25, 0.3) is 0 Å². The van der Waals surface area contributed by atoms with Gasteiger partial charge in [0.2, 0.25) is 0 Å². The number of hydrogen-bond acceptors (Lipinski definition) is 4. The zero-order chi connectivity index (χ0) is 8.97. The number of aromatic nitrogens is 2. The van der Waals surface area contributed by atoms with Gasteiger partial charge in [-0.2, -0.15) is 0 Å². The molecule has 4 heteroatoms. The number of aryl methyl sites for hydroxylation is 1. The summed E-state index contributed by atoms with van der Waals surface area (Å²) in [6.07, 6.45) is 2.52. The van der Waals surface area contributed by atoms with E-state index in [0.29, 0.717) is 5.82 Å². The van der Waals surface area contributed by atoms with Crippen LogP contribution in [-0.2, 0) is 6.42 Å². The van der Waals surface area contributed by atoms with Crippen LogP contribution < -0.4 is 5.73 Å². The molecule has 0 aliphatic heterocycles. The molecule has 1 heterocycles. The third-order valence-electron chi connectivity index (χ3n) is 1.62. The molecular weight excluding hydrogens is 154 g/mol. The summed E-state index contributed by atoms with van der Waals surface area (Å²) in [5.74, 6) is 0.511. The van der Waals surface area contributed by atoms with Crippen LogP contribution in [0.2, 0.25) is 0 Å². The number of hydrogen-bond donors (Lipinski definition) is 2. The number of aliphatic hydroxyl groups is 1. The van der Waals surface area contributed by atoms with Crippen molar-refractivity contribution < 1.29 is 5.11 Å². The summed E-state index contributed by atoms with van der Waals surface area (Å²) in [5, 5.41) is 8.75. The van der Waals surface area contributed by atoms with Gasteiger partial charge in [-0.25, -0.2) is 9.97 Å². The Hall–Kier alpha value is -1.00. The van der Waals surface area contributed by atoms with Crippen molar-refractivity contribution in [2.75, 3.05) is 6.61 Å². The van der Waals surface area contributed by atoms with Crippen LogP contribution in [0.1, 0.15) is 24.5 Å². The fourth-order valence-electron chi connectivity index (χ4n) is 0.870. The SMILES string of the molecule is CCc1ccnc(C(N)CO)n1. The average molecular weight is 167 g/mol. The van der Waals surface area contributed by atoms with Gasteiger partial charge in [-0.15, -0.1) is 0 Å². The van der Waals surface area contributed by atoms with E-state index in [9.17, 15) is 0 Å². The average Bonchev–Trinajstić information content (AvgIpc) is 2.17. The van der Waals surface area contributed by atoms with E-state index in [4.69, 9.17) is 10.8 Å². The maximum atomic E-state index is 8.75. The zero-order valence-electron chi connectivity index (χ0n) is 7.07. The lowest BCUT2D eigenvalue weighted by Crippen LogP contribution is -2.18. The van der Waals surface area contributed by atoms with Gasteiger partial charge in [-0.05, 0) is 12.5 Å². The topological polar surface area (TPSA) is 72.0 Å². The fraction of sp³-hybridized carbons (Fsp3) is 0.500. The van der Waals surface area contributed by atoms with Gasteiger partial charge >= 0.3 is 0 Å². The molecule has 66 valence electrons. The van der Waals surface area contributed by atoms with Gasteiger partial charge in [0.25, 0.3) is 0 Å². The van der Waals surface area contributed by atoms with E-state index in [1.165, 1.54) is 0 Å². The van der Waals surface area contributed by atoms with E-state index in [1.54, 1.807) is 6.20 Å². The molecule has 0 radical (unpaired) electrons. The lowest BCUT2D eigenvalue weighted by Gasteiger charge is -2.06. The Labute approximate surface area is 71.5 Å². The predicted molar refractivity (Wildman–Crippen MR) is 45.4 cm³/mol. The molecule has 0 aliphatic carbocycles. The Morgan fingerprint density at radius 3 is 3.00 bits per heavy atom. The van der Waals surface area contributed by atoms with E-state index in [-0.39, 0.29) is 6.61 Å². The van der Waals surface area contributed by atoms with Crippen LogP contribution in [0.3, 0.4) is 0 Å². The molecule has 1 aromatic heterocycles. The number of rotatable bonds is 3. The summed E-state index contributed by atoms with van der Waals surface area (Å²) >= 11 is 0. The monoisotopic (exact) mass is 167 g/mol. The number of nitrogens with two attached hydrogens (primary N) is 1. The Balaban J connectivity index is 2.86. The van der Waals surface area contributed by atoms with E-state index >= 15 is 0 Å². The molecule has 1 aromatic rings. The normalized spacial score (nSPS) is 12.9. The van der Waals surface area contributed by atoms with Crippen LogP contribution >= 0.6 is 0 Å². The van der Waals surface area contributed by atoms with Crippen LogP contribution in [0, 0.1) is 0 Å². The summed E-state index contributed by atoms with van der Waals surface area (Å²) in [6.45, 7) is 1.89. The minimum absolute atomic E-state index is 0.118. The Kier molecular flexibility index (Phi) is 3.13. The van der Waals surface area contributed by atoms with E-state index in [0.717, 1.165) is 12.1 Å². The molecule has 4 nitrogen and oxygen atoms in total. The van der Waals surface area contributed by atoms with Crippen molar-refractivity contribution in [2.24, 2.45) is 5.73 Å². The first kappa shape index (κ1) is 9.09. The van der Waals surface area contributed by atoms with Crippen LogP contribution in [0.4, 0.5) is 0 Å². The zero-order valence-corrected chi connectivity index (χ0v) is 7.07. The highest BCUT2D eigenvalue weighted by Crippen LogP contribution is 2.03. The molecule has 0 bridgehead atoms. The molecule has 0 amide bonds. The second kappa shape index (κ2) is 4.13. The highest BCUT2D eigenvalue weighted by Gasteiger charge is 2.06. The second-order valence-corrected chi connectivity index (χ2v) is 2.55. The molecule has 0 aromatic carbocycles. The van der Waals surface area contributed by atoms with Crippen molar-refractivity contribution in [1.82, 2.24) is 9.97 Å². The van der Waals surface area contributed by atoms with Crippen molar-refractivity contribution in [3.05, 3.63) is 23.8 Å². The smallest absolute Gasteiger partial charge is 0.147 e. The van der Waals surface area contributed by atoms with Gasteiger partial charge in [-0.3, -0.25) is 0 Å². The molecule has 3 N–H and O–H groups in total. The highest BCUT2D eigenvalue weighted by molar-refractivity contribution is 5.04. The van der Waals surface area contributed by atoms with Crippen molar-refractivity contribution in [2.45, 2.75) is 19.4 Å². The first-order chi connectivity index (χ1) is 5.77. The van der Waals surface area contributed by atoms with E-state index in [1.807, 2.05) is 13.0 Å². The summed E-state index contributed by atoms with van der Waals surface area (Å²) in [7, 11) is 0. The van der Waals surface area contributed by atoms with Gasteiger partial charge in [0.05, 0.1) is 12.6 Å². The molecule has 0 fully saturated rings. The maximum Gasteiger partial charge on any atom is 0.147 e. The summed E-state index contributed by atoms with van der Waals surface area (Å²) < 4.78 is 0. The third-order valence-corrected chi connectivity index (χ3v) is 1.62. The standard InChI is InChI=1S/C8H13N3O/c1-2-6-3-4-10-8(11-6)7(9)5-12/h3-4,7,12H,2,5,9H2,1H3. The van der Waals surface area contributed by atoms with Crippen molar-refractivity contribution >= 4 is 0 Å². The van der Waals surface area contributed by atoms with Crippen molar-refractivity contribution in [1.29, 1.82) is 0 Å². The van der Waals surface area contributed by atoms with Gasteiger partial charge in [0, 0.05) is 11.9 Å².